The molecule has 0 amide bonds. The van der Waals surface area contributed by atoms with Gasteiger partial charge in [0.15, 0.2) is 0 Å². The third-order valence-electron chi connectivity index (χ3n) is 5.07. The molecule has 25 heavy (non-hydrogen) atoms. The number of halogens is 1. The molecule has 2 fully saturated rings. The third-order valence-corrected chi connectivity index (χ3v) is 6.97. The summed E-state index contributed by atoms with van der Waals surface area (Å²) in [6.45, 7) is 4.88. The Balaban J connectivity index is 1.63. The first-order valence-electron chi connectivity index (χ1n) is 9.09. The van der Waals surface area contributed by atoms with Gasteiger partial charge in [0.05, 0.1) is 19.0 Å². The molecule has 0 spiro atoms. The molecule has 0 aliphatic carbocycles. The van der Waals surface area contributed by atoms with Crippen LogP contribution in [-0.2, 0) is 20.5 Å². The molecule has 0 unspecified atom stereocenters. The highest BCUT2D eigenvalue weighted by molar-refractivity contribution is 7.88. The van der Waals surface area contributed by atoms with E-state index in [1.165, 1.54) is 12.1 Å². The van der Waals surface area contributed by atoms with Gasteiger partial charge in [0, 0.05) is 25.7 Å². The predicted octanol–water partition coefficient (Wildman–Crippen LogP) is 2.23. The monoisotopic (exact) mass is 370 g/mol. The van der Waals surface area contributed by atoms with E-state index >= 15 is 0 Å². The SMILES string of the molecule is O=S(=O)(Cc1ccc(F)cc1)N1CCCC[C@H]1CCN1CCOCC1. The predicted molar refractivity (Wildman–Crippen MR) is 95.2 cm³/mol. The van der Waals surface area contributed by atoms with Crippen LogP contribution in [-0.4, -0.2) is 63.1 Å². The Bertz CT molecular complexity index is 645. The highest BCUT2D eigenvalue weighted by Gasteiger charge is 2.32. The van der Waals surface area contributed by atoms with Crippen LogP contribution in [0.25, 0.3) is 0 Å². The zero-order chi connectivity index (χ0) is 17.7. The van der Waals surface area contributed by atoms with Gasteiger partial charge in [-0.25, -0.2) is 12.8 Å². The number of benzene rings is 1. The summed E-state index contributed by atoms with van der Waals surface area (Å²) in [5, 5.41) is 0. The number of morpholine rings is 1. The number of rotatable bonds is 6. The smallest absolute Gasteiger partial charge is 0.218 e. The molecule has 0 aromatic heterocycles. The Morgan fingerprint density at radius 2 is 1.80 bits per heavy atom. The van der Waals surface area contributed by atoms with E-state index in [9.17, 15) is 12.8 Å². The minimum atomic E-state index is -3.38. The fourth-order valence-electron chi connectivity index (χ4n) is 3.66. The van der Waals surface area contributed by atoms with E-state index in [1.54, 1.807) is 16.4 Å². The van der Waals surface area contributed by atoms with E-state index in [-0.39, 0.29) is 17.6 Å². The quantitative estimate of drug-likeness (QED) is 0.771. The second-order valence-corrected chi connectivity index (χ2v) is 8.81. The van der Waals surface area contributed by atoms with Gasteiger partial charge in [-0.05, 0) is 43.5 Å². The van der Waals surface area contributed by atoms with Crippen LogP contribution in [0.1, 0.15) is 31.2 Å². The lowest BCUT2D eigenvalue weighted by molar-refractivity contribution is 0.0340. The lowest BCUT2D eigenvalue weighted by atomic mass is 10.0. The van der Waals surface area contributed by atoms with Crippen molar-refractivity contribution in [3.63, 3.8) is 0 Å². The highest BCUT2D eigenvalue weighted by atomic mass is 32.2. The number of hydrogen-bond acceptors (Lipinski definition) is 4. The molecule has 1 aromatic rings. The summed E-state index contributed by atoms with van der Waals surface area (Å²) in [6.07, 6.45) is 3.78. The molecular weight excluding hydrogens is 343 g/mol. The van der Waals surface area contributed by atoms with Crippen molar-refractivity contribution >= 4 is 10.0 Å². The van der Waals surface area contributed by atoms with Gasteiger partial charge < -0.3 is 4.74 Å². The van der Waals surface area contributed by atoms with Crippen molar-refractivity contribution in [2.75, 3.05) is 39.4 Å². The zero-order valence-electron chi connectivity index (χ0n) is 14.6. The van der Waals surface area contributed by atoms with Crippen molar-refractivity contribution < 1.29 is 17.5 Å². The summed E-state index contributed by atoms with van der Waals surface area (Å²) in [5.74, 6) is -0.399. The minimum Gasteiger partial charge on any atom is -0.379 e. The van der Waals surface area contributed by atoms with Crippen LogP contribution >= 0.6 is 0 Å². The first-order valence-corrected chi connectivity index (χ1v) is 10.7. The molecule has 7 heteroatoms. The maximum absolute atomic E-state index is 13.0. The molecular formula is C18H27FN2O3S. The van der Waals surface area contributed by atoms with Crippen molar-refractivity contribution in [2.24, 2.45) is 0 Å². The molecule has 3 rings (SSSR count). The van der Waals surface area contributed by atoms with Gasteiger partial charge in [0.25, 0.3) is 0 Å². The average molecular weight is 370 g/mol. The van der Waals surface area contributed by atoms with Crippen molar-refractivity contribution in [1.29, 1.82) is 0 Å². The molecule has 0 bridgehead atoms. The summed E-state index contributed by atoms with van der Waals surface area (Å²) in [6, 6.07) is 5.81. The number of ether oxygens (including phenoxy) is 1. The van der Waals surface area contributed by atoms with Crippen LogP contribution in [0.3, 0.4) is 0 Å². The Morgan fingerprint density at radius 1 is 1.08 bits per heavy atom. The molecule has 0 radical (unpaired) electrons. The number of hydrogen-bond donors (Lipinski definition) is 0. The van der Waals surface area contributed by atoms with Crippen molar-refractivity contribution in [3.8, 4) is 0 Å². The maximum atomic E-state index is 13.0. The Labute approximate surface area is 149 Å². The van der Waals surface area contributed by atoms with Crippen LogP contribution < -0.4 is 0 Å². The summed E-state index contributed by atoms with van der Waals surface area (Å²) in [4.78, 5) is 2.35. The number of sulfonamides is 1. The first kappa shape index (κ1) is 18.8. The van der Waals surface area contributed by atoms with Gasteiger partial charge >= 0.3 is 0 Å². The Hall–Kier alpha value is -1.02. The highest BCUT2D eigenvalue weighted by Crippen LogP contribution is 2.25. The fourth-order valence-corrected chi connectivity index (χ4v) is 5.51. The summed E-state index contributed by atoms with van der Waals surface area (Å²) < 4.78 is 45.9. The molecule has 2 aliphatic heterocycles. The summed E-state index contributed by atoms with van der Waals surface area (Å²) in [7, 11) is -3.38. The summed E-state index contributed by atoms with van der Waals surface area (Å²) in [5.41, 5.74) is 0.638. The maximum Gasteiger partial charge on any atom is 0.218 e. The van der Waals surface area contributed by atoms with Crippen LogP contribution in [0.5, 0.6) is 0 Å². The minimum absolute atomic E-state index is 0.0542. The van der Waals surface area contributed by atoms with E-state index in [0.717, 1.165) is 58.5 Å². The van der Waals surface area contributed by atoms with E-state index in [4.69, 9.17) is 4.74 Å². The average Bonchev–Trinajstić information content (AvgIpc) is 2.63. The topological polar surface area (TPSA) is 49.9 Å². The van der Waals surface area contributed by atoms with E-state index in [0.29, 0.717) is 12.1 Å². The number of piperidine rings is 1. The third kappa shape index (κ3) is 5.23. The fraction of sp³-hybridized carbons (Fsp3) is 0.667. The molecule has 1 atom stereocenters. The van der Waals surface area contributed by atoms with Gasteiger partial charge in [-0.2, -0.15) is 4.31 Å². The van der Waals surface area contributed by atoms with E-state index < -0.39 is 10.0 Å². The second-order valence-electron chi connectivity index (χ2n) is 6.89. The normalized spacial score (nSPS) is 23.6. The van der Waals surface area contributed by atoms with Crippen molar-refractivity contribution in [2.45, 2.75) is 37.5 Å². The lowest BCUT2D eigenvalue weighted by Crippen LogP contribution is -2.46. The lowest BCUT2D eigenvalue weighted by Gasteiger charge is -2.36. The number of nitrogens with zero attached hydrogens (tertiary/aromatic N) is 2. The standard InChI is InChI=1S/C18H27FN2O3S/c19-17-6-4-16(5-7-17)15-25(22,23)21-9-2-1-3-18(21)8-10-20-11-13-24-14-12-20/h4-7,18H,1-3,8-15H2/t18-/m0/s1. The second kappa shape index (κ2) is 8.58. The van der Waals surface area contributed by atoms with Gasteiger partial charge in [0.1, 0.15) is 5.82 Å². The van der Waals surface area contributed by atoms with Crippen molar-refractivity contribution in [3.05, 3.63) is 35.6 Å². The molecule has 1 aromatic carbocycles. The molecule has 5 nitrogen and oxygen atoms in total. The van der Waals surface area contributed by atoms with E-state index in [2.05, 4.69) is 4.90 Å². The largest absolute Gasteiger partial charge is 0.379 e. The molecule has 140 valence electrons. The summed E-state index contributed by atoms with van der Waals surface area (Å²) >= 11 is 0. The van der Waals surface area contributed by atoms with Gasteiger partial charge in [0.2, 0.25) is 10.0 Å². The Morgan fingerprint density at radius 3 is 2.52 bits per heavy atom. The van der Waals surface area contributed by atoms with Crippen LogP contribution in [0.2, 0.25) is 0 Å². The van der Waals surface area contributed by atoms with Gasteiger partial charge in [-0.3, -0.25) is 4.90 Å². The molecule has 2 heterocycles. The van der Waals surface area contributed by atoms with Crippen LogP contribution in [0.4, 0.5) is 4.39 Å². The molecule has 2 aliphatic rings. The van der Waals surface area contributed by atoms with Gasteiger partial charge in [-0.1, -0.05) is 18.6 Å². The van der Waals surface area contributed by atoms with Crippen LogP contribution in [0.15, 0.2) is 24.3 Å². The zero-order valence-corrected chi connectivity index (χ0v) is 15.4. The van der Waals surface area contributed by atoms with Gasteiger partial charge in [-0.15, -0.1) is 0 Å². The Kier molecular flexibility index (Phi) is 6.44. The molecule has 0 N–H and O–H groups in total. The van der Waals surface area contributed by atoms with Crippen molar-refractivity contribution in [1.82, 2.24) is 9.21 Å². The van der Waals surface area contributed by atoms with Crippen LogP contribution in [0, 0.1) is 5.82 Å². The van der Waals surface area contributed by atoms with E-state index in [1.807, 2.05) is 0 Å². The molecule has 2 saturated heterocycles. The molecule has 0 saturated carbocycles. The first-order chi connectivity index (χ1) is 12.0.